The average molecular weight is 166 g/mol. The van der Waals surface area contributed by atoms with E-state index in [1.165, 1.54) is 11.3 Å². The maximum Gasteiger partial charge on any atom is 0.0573 e. The lowest BCUT2D eigenvalue weighted by atomic mass is 10.2. The molecule has 2 aliphatic heterocycles. The summed E-state index contributed by atoms with van der Waals surface area (Å²) >= 11 is 0. The molecule has 2 heterocycles. The Hall–Kier alpha value is -1.02. The van der Waals surface area contributed by atoms with Crippen LogP contribution in [0.15, 0.2) is 35.7 Å². The molecule has 0 saturated heterocycles. The van der Waals surface area contributed by atoms with Crippen molar-refractivity contribution in [1.29, 1.82) is 0 Å². The van der Waals surface area contributed by atoms with E-state index >= 15 is 0 Å². The van der Waals surface area contributed by atoms with Gasteiger partial charge in [0.25, 0.3) is 0 Å². The van der Waals surface area contributed by atoms with Gasteiger partial charge in [-0.1, -0.05) is 19.9 Å². The quantitative estimate of drug-likeness (QED) is 0.594. The van der Waals surface area contributed by atoms with Crippen LogP contribution in [-0.2, 0) is 0 Å². The lowest BCUT2D eigenvalue weighted by Crippen LogP contribution is -2.26. The largest absolute Gasteiger partial charge is 0.284 e. The van der Waals surface area contributed by atoms with E-state index in [0.717, 1.165) is 6.54 Å². The lowest BCUT2D eigenvalue weighted by Gasteiger charge is -2.16. The van der Waals surface area contributed by atoms with Crippen molar-refractivity contribution in [3.63, 3.8) is 0 Å². The normalized spacial score (nSPS) is 19.1. The monoisotopic (exact) mass is 166 g/mol. The Kier molecular flexibility index (Phi) is 3.11. The van der Waals surface area contributed by atoms with E-state index < -0.39 is 0 Å². The Morgan fingerprint density at radius 2 is 2.17 bits per heavy atom. The molecule has 0 unspecified atom stereocenters. The van der Waals surface area contributed by atoms with Crippen molar-refractivity contribution in [1.82, 2.24) is 10.4 Å². The first-order valence-electron chi connectivity index (χ1n) is 4.45. The minimum atomic E-state index is 0. The number of fused-ring (bicyclic) bond motifs is 1. The number of hydrazine groups is 1. The Morgan fingerprint density at radius 1 is 1.42 bits per heavy atom. The molecule has 0 aromatic carbocycles. The number of nitrogens with zero attached hydrogens (tertiary/aromatic N) is 1. The summed E-state index contributed by atoms with van der Waals surface area (Å²) in [7, 11) is 0. The summed E-state index contributed by atoms with van der Waals surface area (Å²) in [4.78, 5) is 0. The highest BCUT2D eigenvalue weighted by molar-refractivity contribution is 5.34. The molecule has 0 radical (unpaired) electrons. The van der Waals surface area contributed by atoms with E-state index in [-0.39, 0.29) is 1.43 Å². The van der Waals surface area contributed by atoms with Gasteiger partial charge in [-0.3, -0.25) is 5.01 Å². The molecule has 2 heteroatoms. The first-order chi connectivity index (χ1) is 5.88. The molecule has 2 nitrogen and oxygen atoms in total. The third-order valence-electron chi connectivity index (χ3n) is 1.81. The van der Waals surface area contributed by atoms with Crippen molar-refractivity contribution < 1.29 is 1.43 Å². The molecular formula is C10H18N2. The van der Waals surface area contributed by atoms with Crippen molar-refractivity contribution in [3.05, 3.63) is 35.7 Å². The van der Waals surface area contributed by atoms with Crippen LogP contribution in [0.1, 0.15) is 22.2 Å². The zero-order valence-corrected chi connectivity index (χ0v) is 7.96. The Morgan fingerprint density at radius 3 is 2.83 bits per heavy atom. The number of rotatable bonds is 0. The summed E-state index contributed by atoms with van der Waals surface area (Å²) in [5, 5.41) is 2.05. The molecule has 0 amide bonds. The maximum absolute atomic E-state index is 3.23. The van der Waals surface area contributed by atoms with Gasteiger partial charge >= 0.3 is 0 Å². The molecule has 0 aromatic heterocycles. The second-order valence-electron chi connectivity index (χ2n) is 2.57. The summed E-state index contributed by atoms with van der Waals surface area (Å²) in [6, 6.07) is 0. The summed E-state index contributed by atoms with van der Waals surface area (Å²) < 4.78 is 0. The molecule has 0 fully saturated rings. The van der Waals surface area contributed by atoms with Crippen molar-refractivity contribution in [2.75, 3.05) is 6.54 Å². The first kappa shape index (κ1) is 9.07. The van der Waals surface area contributed by atoms with Gasteiger partial charge in [0.05, 0.1) is 5.70 Å². The molecule has 2 aliphatic rings. The second-order valence-corrected chi connectivity index (χ2v) is 2.57. The predicted molar refractivity (Wildman–Crippen MR) is 54.3 cm³/mol. The summed E-state index contributed by atoms with van der Waals surface area (Å²) in [5.41, 5.74) is 5.93. The highest BCUT2D eigenvalue weighted by atomic mass is 15.5. The highest BCUT2D eigenvalue weighted by Crippen LogP contribution is 2.18. The van der Waals surface area contributed by atoms with Gasteiger partial charge in [-0.2, -0.15) is 0 Å². The van der Waals surface area contributed by atoms with Crippen molar-refractivity contribution >= 4 is 0 Å². The van der Waals surface area contributed by atoms with Crippen LogP contribution in [0.2, 0.25) is 0 Å². The smallest absolute Gasteiger partial charge is 0.0573 e. The minimum absolute atomic E-state index is 0. The zero-order chi connectivity index (χ0) is 8.97. The van der Waals surface area contributed by atoms with Crippen LogP contribution in [0.25, 0.3) is 0 Å². The molecule has 0 aliphatic carbocycles. The summed E-state index contributed by atoms with van der Waals surface area (Å²) in [5.74, 6) is 0. The Labute approximate surface area is 75.7 Å². The fourth-order valence-corrected chi connectivity index (χ4v) is 1.22. The number of hydrogen-bond acceptors (Lipinski definition) is 2. The van der Waals surface area contributed by atoms with Gasteiger partial charge in [-0.25, -0.2) is 5.43 Å². The fourth-order valence-electron chi connectivity index (χ4n) is 1.22. The van der Waals surface area contributed by atoms with Gasteiger partial charge in [0, 0.05) is 14.2 Å². The van der Waals surface area contributed by atoms with Crippen LogP contribution in [0.4, 0.5) is 0 Å². The van der Waals surface area contributed by atoms with Gasteiger partial charge in [0.1, 0.15) is 0 Å². The van der Waals surface area contributed by atoms with E-state index in [2.05, 4.69) is 29.5 Å². The highest BCUT2D eigenvalue weighted by Gasteiger charge is 2.15. The first-order valence-corrected chi connectivity index (χ1v) is 4.45. The summed E-state index contributed by atoms with van der Waals surface area (Å²) in [6.45, 7) is 7.12. The molecule has 68 valence electrons. The molecule has 0 atom stereocenters. The molecule has 12 heavy (non-hydrogen) atoms. The molecule has 0 saturated carbocycles. The SMILES string of the molecule is CC.CC1=C2C=CC=CN2NC1.[HH]. The van der Waals surface area contributed by atoms with Crippen molar-refractivity contribution in [2.24, 2.45) is 0 Å². The van der Waals surface area contributed by atoms with E-state index in [0.29, 0.717) is 0 Å². The van der Waals surface area contributed by atoms with Gasteiger partial charge in [0.15, 0.2) is 0 Å². The van der Waals surface area contributed by atoms with Crippen LogP contribution in [-0.4, -0.2) is 11.6 Å². The number of nitrogens with one attached hydrogen (secondary N) is 1. The Balaban J connectivity index is 0.000000451. The minimum Gasteiger partial charge on any atom is -0.284 e. The van der Waals surface area contributed by atoms with Crippen LogP contribution in [0.5, 0.6) is 0 Å². The van der Waals surface area contributed by atoms with Crippen LogP contribution < -0.4 is 5.43 Å². The lowest BCUT2D eigenvalue weighted by molar-refractivity contribution is 0.395. The van der Waals surface area contributed by atoms with Crippen molar-refractivity contribution in [2.45, 2.75) is 20.8 Å². The van der Waals surface area contributed by atoms with Crippen molar-refractivity contribution in [3.8, 4) is 0 Å². The van der Waals surface area contributed by atoms with Gasteiger partial charge in [-0.15, -0.1) is 0 Å². The van der Waals surface area contributed by atoms with Crippen LogP contribution in [0.3, 0.4) is 0 Å². The van der Waals surface area contributed by atoms with E-state index in [1.54, 1.807) is 0 Å². The molecular weight excluding hydrogens is 148 g/mol. The van der Waals surface area contributed by atoms with Crippen LogP contribution in [0, 0.1) is 0 Å². The number of hydrogen-bond donors (Lipinski definition) is 1. The van der Waals surface area contributed by atoms with Gasteiger partial charge in [-0.05, 0) is 24.6 Å². The Bertz CT molecular complexity index is 241. The second kappa shape index (κ2) is 4.12. The molecule has 2 rings (SSSR count). The third kappa shape index (κ3) is 1.59. The standard InChI is InChI=1S/C8H10N2.C2H6.H2/c1-7-6-9-10-5-3-2-4-8(7)10;1-2;/h2-5,9H,6H2,1H3;1-2H3;1H. The molecule has 0 spiro atoms. The van der Waals surface area contributed by atoms with E-state index in [1.807, 2.05) is 26.1 Å². The average Bonchev–Trinajstić information content (AvgIpc) is 2.53. The summed E-state index contributed by atoms with van der Waals surface area (Å²) in [6.07, 6.45) is 8.23. The molecule has 0 aromatic rings. The molecule has 1 N–H and O–H groups in total. The molecule has 0 bridgehead atoms. The van der Waals surface area contributed by atoms with Gasteiger partial charge < -0.3 is 0 Å². The number of allylic oxidation sites excluding steroid dienone is 3. The fraction of sp³-hybridized carbons (Fsp3) is 0.400. The van der Waals surface area contributed by atoms with Gasteiger partial charge in [0.2, 0.25) is 0 Å². The predicted octanol–water partition coefficient (Wildman–Crippen LogP) is 2.44. The van der Waals surface area contributed by atoms with E-state index in [4.69, 9.17) is 0 Å². The maximum atomic E-state index is 3.23. The third-order valence-corrected chi connectivity index (χ3v) is 1.81. The van der Waals surface area contributed by atoms with Crippen LogP contribution >= 0.6 is 0 Å². The van der Waals surface area contributed by atoms with E-state index in [9.17, 15) is 0 Å². The zero-order valence-electron chi connectivity index (χ0n) is 7.96. The topological polar surface area (TPSA) is 15.3 Å².